The van der Waals surface area contributed by atoms with Crippen LogP contribution in [0.1, 0.15) is 32.8 Å². The van der Waals surface area contributed by atoms with Gasteiger partial charge in [-0.15, -0.1) is 0 Å². The molecule has 0 heterocycles. The zero-order valence-corrected chi connectivity index (χ0v) is 12.4. The number of hydrogen-bond acceptors (Lipinski definition) is 5. The van der Waals surface area contributed by atoms with Crippen molar-refractivity contribution in [1.29, 1.82) is 0 Å². The van der Waals surface area contributed by atoms with E-state index in [0.717, 1.165) is 6.42 Å². The van der Waals surface area contributed by atoms with Crippen molar-refractivity contribution in [3.05, 3.63) is 33.9 Å². The summed E-state index contributed by atoms with van der Waals surface area (Å²) in [6.07, 6.45) is 0.754. The predicted octanol–water partition coefficient (Wildman–Crippen LogP) is 1.77. The van der Waals surface area contributed by atoms with Gasteiger partial charge in [-0.2, -0.15) is 0 Å². The number of carbonyl (C=O) groups is 1. The first-order valence-electron chi connectivity index (χ1n) is 6.61. The smallest absolute Gasteiger partial charge is 0.311 e. The number of aliphatic hydroxyl groups is 1. The van der Waals surface area contributed by atoms with Gasteiger partial charge in [-0.1, -0.05) is 13.0 Å². The van der Waals surface area contributed by atoms with Crippen LogP contribution in [0, 0.1) is 10.1 Å². The molecule has 0 spiro atoms. The summed E-state index contributed by atoms with van der Waals surface area (Å²) in [6.45, 7) is 5.10. The Hall–Kier alpha value is -2.15. The third-order valence-corrected chi connectivity index (χ3v) is 3.12. The molecule has 0 aliphatic heterocycles. The molecule has 0 unspecified atom stereocenters. The van der Waals surface area contributed by atoms with Crippen molar-refractivity contribution < 1.29 is 19.6 Å². The molecule has 2 N–H and O–H groups in total. The summed E-state index contributed by atoms with van der Waals surface area (Å²) in [4.78, 5) is 22.1. The summed E-state index contributed by atoms with van der Waals surface area (Å²) in [7, 11) is 0. The highest BCUT2D eigenvalue weighted by Gasteiger charge is 2.20. The molecule has 0 atom stereocenters. The number of ether oxygens (including phenoxy) is 1. The number of hydrogen-bond donors (Lipinski definition) is 2. The maximum Gasteiger partial charge on any atom is 0.311 e. The molecule has 0 saturated carbocycles. The van der Waals surface area contributed by atoms with E-state index < -0.39 is 4.92 Å². The van der Waals surface area contributed by atoms with Crippen molar-refractivity contribution in [3.63, 3.8) is 0 Å². The lowest BCUT2D eigenvalue weighted by molar-refractivity contribution is -0.385. The van der Waals surface area contributed by atoms with Crippen LogP contribution < -0.4 is 10.1 Å². The lowest BCUT2D eigenvalue weighted by Crippen LogP contribution is -2.44. The third-order valence-electron chi connectivity index (χ3n) is 3.12. The Bertz CT molecular complexity index is 528. The van der Waals surface area contributed by atoms with E-state index in [2.05, 4.69) is 5.32 Å². The minimum Gasteiger partial charge on any atom is -0.477 e. The first kappa shape index (κ1) is 16.9. The van der Waals surface area contributed by atoms with Gasteiger partial charge in [0.15, 0.2) is 12.4 Å². The summed E-state index contributed by atoms with van der Waals surface area (Å²) in [6, 6.07) is 4.11. The second-order valence-electron chi connectivity index (χ2n) is 5.29. The van der Waals surface area contributed by atoms with Gasteiger partial charge in [-0.3, -0.25) is 14.9 Å². The van der Waals surface area contributed by atoms with Crippen LogP contribution in [0.2, 0.25) is 0 Å². The maximum absolute atomic E-state index is 11.7. The summed E-state index contributed by atoms with van der Waals surface area (Å²) < 4.78 is 5.21. The molecule has 0 aliphatic carbocycles. The third kappa shape index (κ3) is 5.03. The highest BCUT2D eigenvalue weighted by molar-refractivity contribution is 5.78. The molecular formula is C14H20N2O5. The molecule has 1 amide bonds. The molecule has 0 aliphatic rings. The van der Waals surface area contributed by atoms with E-state index in [0.29, 0.717) is 5.56 Å². The highest BCUT2D eigenvalue weighted by atomic mass is 16.6. The number of aliphatic hydroxyl groups excluding tert-OH is 1. The predicted molar refractivity (Wildman–Crippen MR) is 77.0 cm³/mol. The number of benzene rings is 1. The largest absolute Gasteiger partial charge is 0.477 e. The van der Waals surface area contributed by atoms with Crippen LogP contribution >= 0.6 is 0 Å². The molecule has 21 heavy (non-hydrogen) atoms. The molecule has 1 aromatic carbocycles. The first-order valence-corrected chi connectivity index (χ1v) is 6.61. The average Bonchev–Trinajstić information content (AvgIpc) is 2.44. The van der Waals surface area contributed by atoms with Crippen LogP contribution in [0.15, 0.2) is 18.2 Å². The summed E-state index contributed by atoms with van der Waals surface area (Å²) in [5, 5.41) is 22.7. The minimum absolute atomic E-state index is 0.00153. The fourth-order valence-electron chi connectivity index (χ4n) is 1.57. The molecule has 116 valence electrons. The second-order valence-corrected chi connectivity index (χ2v) is 5.29. The van der Waals surface area contributed by atoms with Gasteiger partial charge in [0.1, 0.15) is 0 Å². The fraction of sp³-hybridized carbons (Fsp3) is 0.500. The van der Waals surface area contributed by atoms with E-state index in [9.17, 15) is 14.9 Å². The van der Waals surface area contributed by atoms with Crippen LogP contribution in [0.5, 0.6) is 5.75 Å². The van der Waals surface area contributed by atoms with Crippen molar-refractivity contribution in [2.24, 2.45) is 0 Å². The highest BCUT2D eigenvalue weighted by Crippen LogP contribution is 2.28. The number of nitro groups is 1. The molecule has 0 saturated heterocycles. The number of nitrogens with zero attached hydrogens (tertiary/aromatic N) is 1. The van der Waals surface area contributed by atoms with Crippen LogP contribution in [-0.2, 0) is 11.4 Å². The van der Waals surface area contributed by atoms with Crippen molar-refractivity contribution in [2.45, 2.75) is 39.3 Å². The van der Waals surface area contributed by atoms with E-state index in [1.54, 1.807) is 0 Å². The fourth-order valence-corrected chi connectivity index (χ4v) is 1.57. The topological polar surface area (TPSA) is 102 Å². The van der Waals surface area contributed by atoms with Gasteiger partial charge in [0.05, 0.1) is 11.5 Å². The van der Waals surface area contributed by atoms with E-state index in [1.165, 1.54) is 18.2 Å². The lowest BCUT2D eigenvalue weighted by atomic mass is 10.0. The normalized spacial score (nSPS) is 11.0. The summed E-state index contributed by atoms with van der Waals surface area (Å²) >= 11 is 0. The van der Waals surface area contributed by atoms with Gasteiger partial charge >= 0.3 is 5.69 Å². The number of nitrogens with one attached hydrogen (secondary N) is 1. The molecule has 1 aromatic rings. The summed E-state index contributed by atoms with van der Waals surface area (Å²) in [5.74, 6) is -0.343. The number of carbonyl (C=O) groups excluding carboxylic acids is 1. The van der Waals surface area contributed by atoms with Gasteiger partial charge in [0, 0.05) is 11.6 Å². The van der Waals surface area contributed by atoms with E-state index in [4.69, 9.17) is 9.84 Å². The standard InChI is InChI=1S/C14H20N2O5/c1-4-14(2,3)15-13(18)9-21-12-6-5-10(8-17)7-11(12)16(19)20/h5-7,17H,4,8-9H2,1-3H3,(H,15,18). The van der Waals surface area contributed by atoms with E-state index in [1.807, 2.05) is 20.8 Å². The van der Waals surface area contributed by atoms with Crippen molar-refractivity contribution in [1.82, 2.24) is 5.32 Å². The van der Waals surface area contributed by atoms with Crippen LogP contribution in [0.3, 0.4) is 0 Å². The van der Waals surface area contributed by atoms with Crippen LogP contribution in [0.4, 0.5) is 5.69 Å². The van der Waals surface area contributed by atoms with Gasteiger partial charge < -0.3 is 15.2 Å². The quantitative estimate of drug-likeness (QED) is 0.590. The minimum atomic E-state index is -0.609. The molecule has 0 fully saturated rings. The Morgan fingerprint density at radius 2 is 2.14 bits per heavy atom. The van der Waals surface area contributed by atoms with Gasteiger partial charge in [-0.25, -0.2) is 0 Å². The SMILES string of the molecule is CCC(C)(C)NC(=O)COc1ccc(CO)cc1[N+](=O)[O-]. The molecule has 1 rings (SSSR count). The molecule has 0 bridgehead atoms. The summed E-state index contributed by atoms with van der Waals surface area (Å²) in [5.41, 5.74) is -0.220. The molecule has 7 nitrogen and oxygen atoms in total. The Balaban J connectivity index is 2.75. The zero-order chi connectivity index (χ0) is 16.0. The zero-order valence-electron chi connectivity index (χ0n) is 12.4. The molecule has 0 aromatic heterocycles. The average molecular weight is 296 g/mol. The van der Waals surface area contributed by atoms with Crippen molar-refractivity contribution in [3.8, 4) is 5.75 Å². The number of amides is 1. The number of rotatable bonds is 7. The molecular weight excluding hydrogens is 276 g/mol. The lowest BCUT2D eigenvalue weighted by Gasteiger charge is -2.24. The first-order chi connectivity index (χ1) is 9.79. The van der Waals surface area contributed by atoms with Crippen molar-refractivity contribution in [2.75, 3.05) is 6.61 Å². The maximum atomic E-state index is 11.7. The van der Waals surface area contributed by atoms with Gasteiger partial charge in [0.2, 0.25) is 0 Å². The Labute approximate surface area is 123 Å². The van der Waals surface area contributed by atoms with E-state index >= 15 is 0 Å². The Kier molecular flexibility index (Phi) is 5.66. The van der Waals surface area contributed by atoms with Crippen molar-refractivity contribution >= 4 is 11.6 Å². The molecule has 7 heteroatoms. The number of nitro benzene ring substituents is 1. The van der Waals surface area contributed by atoms with Crippen LogP contribution in [0.25, 0.3) is 0 Å². The van der Waals surface area contributed by atoms with Gasteiger partial charge in [-0.05, 0) is 31.9 Å². The Morgan fingerprint density at radius 3 is 2.67 bits per heavy atom. The van der Waals surface area contributed by atoms with E-state index in [-0.39, 0.29) is 36.1 Å². The second kappa shape index (κ2) is 7.03. The monoisotopic (exact) mass is 296 g/mol. The molecule has 0 radical (unpaired) electrons. The van der Waals surface area contributed by atoms with Gasteiger partial charge in [0.25, 0.3) is 5.91 Å². The van der Waals surface area contributed by atoms with Crippen LogP contribution in [-0.4, -0.2) is 28.1 Å². The Morgan fingerprint density at radius 1 is 1.48 bits per heavy atom.